The maximum atomic E-state index is 12.9. The first kappa shape index (κ1) is 20.5. The summed E-state index contributed by atoms with van der Waals surface area (Å²) in [6, 6.07) is 16.1. The fourth-order valence-corrected chi connectivity index (χ4v) is 3.94. The lowest BCUT2D eigenvalue weighted by Gasteiger charge is -2.14. The van der Waals surface area contributed by atoms with Crippen molar-refractivity contribution in [1.82, 2.24) is 30.0 Å². The van der Waals surface area contributed by atoms with Gasteiger partial charge in [-0.05, 0) is 29.8 Å². The fraction of sp³-hybridized carbons (Fsp3) is 0.167. The van der Waals surface area contributed by atoms with Gasteiger partial charge >= 0.3 is 0 Å². The summed E-state index contributed by atoms with van der Waals surface area (Å²) >= 11 is 0. The normalized spacial score (nSPS) is 14.7. The van der Waals surface area contributed by atoms with Crippen molar-refractivity contribution < 1.29 is 9.59 Å². The molecule has 9 heteroatoms. The number of anilines is 1. The Bertz CT molecular complexity index is 1330. The van der Waals surface area contributed by atoms with Crippen LogP contribution in [0.1, 0.15) is 44.6 Å². The molecule has 2 N–H and O–H groups in total. The summed E-state index contributed by atoms with van der Waals surface area (Å²) in [5, 5.41) is 14.7. The van der Waals surface area contributed by atoms with Crippen LogP contribution in [0.25, 0.3) is 11.5 Å². The highest BCUT2D eigenvalue weighted by atomic mass is 16.2. The van der Waals surface area contributed by atoms with Crippen LogP contribution in [0.5, 0.6) is 0 Å². The molecule has 1 aliphatic rings. The summed E-state index contributed by atoms with van der Waals surface area (Å²) in [7, 11) is 1.87. The summed E-state index contributed by atoms with van der Waals surface area (Å²) in [5.41, 5.74) is 3.53. The summed E-state index contributed by atoms with van der Waals surface area (Å²) in [4.78, 5) is 33.2. The Morgan fingerprint density at radius 1 is 1.12 bits per heavy atom. The van der Waals surface area contributed by atoms with Gasteiger partial charge in [0.05, 0.1) is 12.6 Å². The van der Waals surface area contributed by atoms with Gasteiger partial charge in [-0.15, -0.1) is 10.2 Å². The standard InChI is InChI=1S/C24H21N7O2/c1-31-22(29-30-23(31)19-9-10-25-14-27-19)13-26-16-6-4-5-15(11-16)24(33)28-20-12-21(32)18-8-3-2-7-17(18)20/h2-11,14,20,26H,12-13H2,1H3,(H,28,33). The molecule has 0 bridgehead atoms. The molecule has 5 rings (SSSR count). The summed E-state index contributed by atoms with van der Waals surface area (Å²) in [6.07, 6.45) is 3.41. The predicted octanol–water partition coefficient (Wildman–Crippen LogP) is 2.94. The van der Waals surface area contributed by atoms with E-state index in [1.807, 2.05) is 41.9 Å². The van der Waals surface area contributed by atoms with Gasteiger partial charge in [-0.2, -0.15) is 0 Å². The van der Waals surface area contributed by atoms with Crippen LogP contribution >= 0.6 is 0 Å². The van der Waals surface area contributed by atoms with Gasteiger partial charge in [0.1, 0.15) is 12.0 Å². The number of ketones is 1. The molecule has 0 saturated carbocycles. The number of carbonyl (C=O) groups excluding carboxylic acids is 2. The highest BCUT2D eigenvalue weighted by molar-refractivity contribution is 6.02. The molecular formula is C24H21N7O2. The Morgan fingerprint density at radius 3 is 2.85 bits per heavy atom. The maximum absolute atomic E-state index is 12.9. The van der Waals surface area contributed by atoms with Gasteiger partial charge in [0.15, 0.2) is 17.4 Å². The first-order valence-corrected chi connectivity index (χ1v) is 10.5. The van der Waals surface area contributed by atoms with Crippen LogP contribution in [0.2, 0.25) is 0 Å². The van der Waals surface area contributed by atoms with E-state index in [9.17, 15) is 9.59 Å². The van der Waals surface area contributed by atoms with Crippen molar-refractivity contribution in [3.8, 4) is 11.5 Å². The molecule has 164 valence electrons. The van der Waals surface area contributed by atoms with Gasteiger partial charge in [0.2, 0.25) is 0 Å². The molecule has 0 aliphatic heterocycles. The highest BCUT2D eigenvalue weighted by Crippen LogP contribution is 2.31. The third kappa shape index (κ3) is 4.08. The molecule has 4 aromatic rings. The van der Waals surface area contributed by atoms with E-state index in [1.165, 1.54) is 6.33 Å². The van der Waals surface area contributed by atoms with Crippen LogP contribution in [-0.4, -0.2) is 36.4 Å². The molecule has 0 fully saturated rings. The minimum atomic E-state index is -0.309. The minimum Gasteiger partial charge on any atom is -0.378 e. The van der Waals surface area contributed by atoms with E-state index in [1.54, 1.807) is 30.5 Å². The van der Waals surface area contributed by atoms with Crippen LogP contribution < -0.4 is 10.6 Å². The molecule has 1 aliphatic carbocycles. The van der Waals surface area contributed by atoms with Gasteiger partial charge < -0.3 is 15.2 Å². The first-order valence-electron chi connectivity index (χ1n) is 10.5. The number of hydrogen-bond donors (Lipinski definition) is 2. The van der Waals surface area contributed by atoms with Crippen LogP contribution in [0.3, 0.4) is 0 Å². The van der Waals surface area contributed by atoms with Gasteiger partial charge in [-0.3, -0.25) is 9.59 Å². The molecule has 2 heterocycles. The van der Waals surface area contributed by atoms with E-state index in [-0.39, 0.29) is 24.2 Å². The second-order valence-electron chi connectivity index (χ2n) is 7.77. The van der Waals surface area contributed by atoms with Crippen molar-refractivity contribution in [3.05, 3.63) is 89.6 Å². The van der Waals surface area contributed by atoms with E-state index in [2.05, 4.69) is 30.8 Å². The molecule has 33 heavy (non-hydrogen) atoms. The summed E-state index contributed by atoms with van der Waals surface area (Å²) < 4.78 is 1.86. The Kier molecular flexibility index (Phi) is 5.35. The molecule has 0 spiro atoms. The monoisotopic (exact) mass is 439 g/mol. The van der Waals surface area contributed by atoms with E-state index in [4.69, 9.17) is 0 Å². The van der Waals surface area contributed by atoms with E-state index in [0.717, 1.165) is 17.1 Å². The third-order valence-corrected chi connectivity index (χ3v) is 5.68. The molecule has 1 amide bonds. The quantitative estimate of drug-likeness (QED) is 0.475. The third-order valence-electron chi connectivity index (χ3n) is 5.68. The maximum Gasteiger partial charge on any atom is 0.251 e. The second-order valence-corrected chi connectivity index (χ2v) is 7.77. The number of amides is 1. The largest absolute Gasteiger partial charge is 0.378 e. The summed E-state index contributed by atoms with van der Waals surface area (Å²) in [6.45, 7) is 0.421. The fourth-order valence-electron chi connectivity index (χ4n) is 3.94. The van der Waals surface area contributed by atoms with E-state index in [0.29, 0.717) is 29.2 Å². The molecule has 1 unspecified atom stereocenters. The Balaban J connectivity index is 1.26. The highest BCUT2D eigenvalue weighted by Gasteiger charge is 2.30. The van der Waals surface area contributed by atoms with Crippen molar-refractivity contribution in [2.45, 2.75) is 19.0 Å². The lowest BCUT2D eigenvalue weighted by molar-refractivity contribution is 0.0925. The lowest BCUT2D eigenvalue weighted by atomic mass is 10.1. The molecule has 0 saturated heterocycles. The molecule has 2 aromatic carbocycles. The van der Waals surface area contributed by atoms with Crippen LogP contribution in [0, 0.1) is 0 Å². The number of aromatic nitrogens is 5. The SMILES string of the molecule is Cn1c(CNc2cccc(C(=O)NC3CC(=O)c4ccccc43)c2)nnc1-c1ccncn1. The lowest BCUT2D eigenvalue weighted by Crippen LogP contribution is -2.27. The molecule has 0 radical (unpaired) electrons. The number of nitrogens with zero attached hydrogens (tertiary/aromatic N) is 5. The number of fused-ring (bicyclic) bond motifs is 1. The molecular weight excluding hydrogens is 418 g/mol. The van der Waals surface area contributed by atoms with Crippen molar-refractivity contribution in [2.24, 2.45) is 7.05 Å². The van der Waals surface area contributed by atoms with Crippen molar-refractivity contribution in [1.29, 1.82) is 0 Å². The molecule has 2 aromatic heterocycles. The van der Waals surface area contributed by atoms with Gasteiger partial charge in [0.25, 0.3) is 5.91 Å². The average Bonchev–Trinajstić information content (AvgIpc) is 3.38. The number of nitrogens with one attached hydrogen (secondary N) is 2. The zero-order valence-electron chi connectivity index (χ0n) is 17.9. The zero-order valence-corrected chi connectivity index (χ0v) is 17.9. The topological polar surface area (TPSA) is 115 Å². The Labute approximate surface area is 189 Å². The Hall–Kier alpha value is -4.40. The van der Waals surface area contributed by atoms with Gasteiger partial charge in [-0.1, -0.05) is 30.3 Å². The van der Waals surface area contributed by atoms with E-state index < -0.39 is 0 Å². The number of hydrogen-bond acceptors (Lipinski definition) is 7. The number of carbonyl (C=O) groups is 2. The van der Waals surface area contributed by atoms with Gasteiger partial charge in [0, 0.05) is 36.5 Å². The van der Waals surface area contributed by atoms with Crippen molar-refractivity contribution in [3.63, 3.8) is 0 Å². The molecule has 1 atom stereocenters. The number of rotatable bonds is 6. The zero-order chi connectivity index (χ0) is 22.8. The van der Waals surface area contributed by atoms with Crippen LogP contribution in [-0.2, 0) is 13.6 Å². The Morgan fingerprint density at radius 2 is 2.00 bits per heavy atom. The number of Topliss-reactive ketones (excluding diaryl/α,β-unsaturated/α-hetero) is 1. The summed E-state index contributed by atoms with van der Waals surface area (Å²) in [5.74, 6) is 1.20. The van der Waals surface area contributed by atoms with Crippen molar-refractivity contribution in [2.75, 3.05) is 5.32 Å². The van der Waals surface area contributed by atoms with E-state index >= 15 is 0 Å². The molecule has 9 nitrogen and oxygen atoms in total. The number of benzene rings is 2. The minimum absolute atomic E-state index is 0.0522. The van der Waals surface area contributed by atoms with Gasteiger partial charge in [-0.25, -0.2) is 9.97 Å². The van der Waals surface area contributed by atoms with Crippen molar-refractivity contribution >= 4 is 17.4 Å². The van der Waals surface area contributed by atoms with Crippen LogP contribution in [0.4, 0.5) is 5.69 Å². The average molecular weight is 439 g/mol. The smallest absolute Gasteiger partial charge is 0.251 e. The second kappa shape index (κ2) is 8.62. The predicted molar refractivity (Wildman–Crippen MR) is 121 cm³/mol. The first-order chi connectivity index (χ1) is 16.1. The van der Waals surface area contributed by atoms with Crippen LogP contribution in [0.15, 0.2) is 67.1 Å².